The Morgan fingerprint density at radius 3 is 2.47 bits per heavy atom. The maximum absolute atomic E-state index is 13.1. The van der Waals surface area contributed by atoms with Crippen molar-refractivity contribution in [1.29, 1.82) is 5.26 Å². The molecule has 1 heterocycles. The van der Waals surface area contributed by atoms with Gasteiger partial charge in [0, 0.05) is 12.0 Å². The van der Waals surface area contributed by atoms with Gasteiger partial charge in [-0.3, -0.25) is 9.59 Å². The maximum Gasteiger partial charge on any atom is 0.295 e. The molecule has 4 rings (SSSR count). The summed E-state index contributed by atoms with van der Waals surface area (Å²) >= 11 is 0. The van der Waals surface area contributed by atoms with Crippen LogP contribution < -0.4 is 19.5 Å². The second-order valence-corrected chi connectivity index (χ2v) is 9.55. The number of hydrogen-bond acceptors (Lipinski definition) is 10. The highest BCUT2D eigenvalue weighted by Crippen LogP contribution is 2.33. The van der Waals surface area contributed by atoms with Gasteiger partial charge in [0.25, 0.3) is 5.91 Å². The van der Waals surface area contributed by atoms with Gasteiger partial charge in [0.1, 0.15) is 34.6 Å². The Labute approximate surface area is 248 Å². The molecule has 0 aliphatic heterocycles. The van der Waals surface area contributed by atoms with E-state index in [0.29, 0.717) is 35.7 Å². The fourth-order valence-electron chi connectivity index (χ4n) is 4.38. The molecule has 2 N–H and O–H groups in total. The Morgan fingerprint density at radius 1 is 1.05 bits per heavy atom. The lowest BCUT2D eigenvalue weighted by atomic mass is 10.0. The molecular weight excluding hydrogens is 552 g/mol. The van der Waals surface area contributed by atoms with Crippen molar-refractivity contribution in [3.63, 3.8) is 0 Å². The lowest BCUT2D eigenvalue weighted by molar-refractivity contribution is 0.100. The number of anilines is 1. The molecule has 12 nitrogen and oxygen atoms in total. The molecule has 43 heavy (non-hydrogen) atoms. The van der Waals surface area contributed by atoms with Crippen molar-refractivity contribution in [2.75, 3.05) is 25.6 Å². The molecule has 0 radical (unpaired) electrons. The number of hydrogen-bond donors (Lipinski definition) is 2. The molecule has 0 saturated heterocycles. The first-order chi connectivity index (χ1) is 20.9. The third-order valence-electron chi connectivity index (χ3n) is 6.54. The second-order valence-electron chi connectivity index (χ2n) is 9.55. The van der Waals surface area contributed by atoms with Gasteiger partial charge in [-0.25, -0.2) is 4.68 Å². The van der Waals surface area contributed by atoms with Crippen LogP contribution in [-0.2, 0) is 13.0 Å². The molecular formula is C31H32N6O6. The molecule has 0 bridgehead atoms. The average molecular weight is 585 g/mol. The van der Waals surface area contributed by atoms with Gasteiger partial charge in [0.05, 0.1) is 38.1 Å². The number of carbonyl (C=O) groups excluding carboxylic acids is 2. The van der Waals surface area contributed by atoms with E-state index in [1.807, 2.05) is 19.1 Å². The highest BCUT2D eigenvalue weighted by Gasteiger charge is 2.19. The van der Waals surface area contributed by atoms with Crippen molar-refractivity contribution in [2.24, 2.45) is 0 Å². The third kappa shape index (κ3) is 7.45. The first-order valence-corrected chi connectivity index (χ1v) is 13.7. The number of amides is 1. The average Bonchev–Trinajstić information content (AvgIpc) is 3.47. The lowest BCUT2D eigenvalue weighted by Gasteiger charge is -2.15. The predicted molar refractivity (Wildman–Crippen MR) is 157 cm³/mol. The Morgan fingerprint density at radius 2 is 1.79 bits per heavy atom. The first-order valence-electron chi connectivity index (χ1n) is 13.7. The number of ether oxygens (including phenoxy) is 3. The van der Waals surface area contributed by atoms with Crippen molar-refractivity contribution in [2.45, 2.75) is 39.7 Å². The fourth-order valence-corrected chi connectivity index (χ4v) is 4.38. The number of nitrogens with zero attached hydrogens (tertiary/aromatic N) is 5. The first kappa shape index (κ1) is 30.5. The van der Waals surface area contributed by atoms with Crippen molar-refractivity contribution in [3.8, 4) is 29.1 Å². The molecule has 12 heteroatoms. The Bertz CT molecular complexity index is 1630. The van der Waals surface area contributed by atoms with Crippen molar-refractivity contribution < 1.29 is 28.9 Å². The number of Topliss-reactive ketones (excluding diaryl/α,β-unsaturated/α-hetero) is 1. The van der Waals surface area contributed by atoms with E-state index >= 15 is 0 Å². The highest BCUT2D eigenvalue weighted by atomic mass is 16.5. The quantitative estimate of drug-likeness (QED) is 0.159. The Kier molecular flexibility index (Phi) is 10.3. The van der Waals surface area contributed by atoms with Gasteiger partial charge in [-0.1, -0.05) is 31.5 Å². The van der Waals surface area contributed by atoms with E-state index in [-0.39, 0.29) is 53.9 Å². The number of nitrogens with one attached hydrogen (secondary N) is 1. The Balaban J connectivity index is 1.36. The summed E-state index contributed by atoms with van der Waals surface area (Å²) < 4.78 is 18.3. The van der Waals surface area contributed by atoms with Gasteiger partial charge in [-0.2, -0.15) is 5.26 Å². The fraction of sp³-hybridized carbons (Fsp3) is 0.290. The van der Waals surface area contributed by atoms with Crippen LogP contribution in [0.15, 0.2) is 54.6 Å². The molecule has 0 aliphatic rings. The molecule has 3 aromatic carbocycles. The molecule has 0 spiro atoms. The van der Waals surface area contributed by atoms with Gasteiger partial charge in [0.2, 0.25) is 5.82 Å². The number of tetrazole rings is 1. The van der Waals surface area contributed by atoms with Crippen LogP contribution >= 0.6 is 0 Å². The van der Waals surface area contributed by atoms with Crippen LogP contribution in [0.2, 0.25) is 0 Å². The summed E-state index contributed by atoms with van der Waals surface area (Å²) in [4.78, 5) is 24.8. The molecule has 0 saturated carbocycles. The molecule has 4 aromatic rings. The minimum Gasteiger partial charge on any atom is -0.507 e. The molecule has 0 unspecified atom stereocenters. The summed E-state index contributed by atoms with van der Waals surface area (Å²) in [5.41, 5.74) is 2.14. The maximum atomic E-state index is 13.1. The number of rotatable bonds is 14. The number of methoxy groups -OCH3 is 1. The van der Waals surface area contributed by atoms with Crippen LogP contribution in [0.25, 0.3) is 0 Å². The van der Waals surface area contributed by atoms with Crippen LogP contribution in [0.5, 0.6) is 23.0 Å². The SMILES string of the molecule is CCCc1c(OCCCOc2cccc(NC(=O)c3nnnn3Cc3ccc(OC)cc3)c2C#N)ccc(C(C)=O)c1O. The zero-order chi connectivity index (χ0) is 30.8. The number of carbonyl (C=O) groups is 2. The van der Waals surface area contributed by atoms with Gasteiger partial charge < -0.3 is 24.6 Å². The van der Waals surface area contributed by atoms with E-state index < -0.39 is 5.91 Å². The zero-order valence-electron chi connectivity index (χ0n) is 24.2. The van der Waals surface area contributed by atoms with Crippen LogP contribution in [0.4, 0.5) is 5.69 Å². The van der Waals surface area contributed by atoms with E-state index in [1.54, 1.807) is 49.6 Å². The topological polar surface area (TPSA) is 161 Å². The van der Waals surface area contributed by atoms with Crippen molar-refractivity contribution in [1.82, 2.24) is 20.2 Å². The summed E-state index contributed by atoms with van der Waals surface area (Å²) in [5.74, 6) is 0.660. The highest BCUT2D eigenvalue weighted by molar-refractivity contribution is 6.02. The number of phenolic OH excluding ortho intramolecular Hbond substituents is 1. The van der Waals surface area contributed by atoms with Gasteiger partial charge in [0.15, 0.2) is 5.78 Å². The number of ketones is 1. The van der Waals surface area contributed by atoms with E-state index in [0.717, 1.165) is 12.0 Å². The minimum absolute atomic E-state index is 0.0204. The molecule has 222 valence electrons. The summed E-state index contributed by atoms with van der Waals surface area (Å²) in [6, 6.07) is 17.5. The van der Waals surface area contributed by atoms with Crippen molar-refractivity contribution in [3.05, 3.63) is 82.7 Å². The second kappa shape index (κ2) is 14.5. The smallest absolute Gasteiger partial charge is 0.295 e. The van der Waals surface area contributed by atoms with E-state index in [2.05, 4.69) is 26.9 Å². The van der Waals surface area contributed by atoms with Gasteiger partial charge >= 0.3 is 0 Å². The minimum atomic E-state index is -0.581. The zero-order valence-corrected chi connectivity index (χ0v) is 24.2. The summed E-state index contributed by atoms with van der Waals surface area (Å²) in [5, 5.41) is 34.5. The number of phenols is 1. The standard InChI is InChI=1S/C31H32N6O6/c1-4-7-24-28(15-14-23(20(2)38)29(24)39)43-17-6-16-42-27-9-5-8-26(25(27)18-32)33-31(40)30-34-35-36-37(30)19-21-10-12-22(41-3)13-11-21/h5,8-15,39H,4,6-7,16-17,19H2,1-3H3,(H,33,40). The largest absolute Gasteiger partial charge is 0.507 e. The summed E-state index contributed by atoms with van der Waals surface area (Å²) in [6.07, 6.45) is 1.81. The van der Waals surface area contributed by atoms with Crippen LogP contribution in [0, 0.1) is 11.3 Å². The molecule has 1 aromatic heterocycles. The molecule has 1 amide bonds. The third-order valence-corrected chi connectivity index (χ3v) is 6.54. The van der Waals surface area contributed by atoms with Gasteiger partial charge in [-0.15, -0.1) is 5.10 Å². The molecule has 0 atom stereocenters. The summed E-state index contributed by atoms with van der Waals surface area (Å²) in [6.45, 7) is 4.16. The number of aromatic hydroxyl groups is 1. The monoisotopic (exact) mass is 584 g/mol. The summed E-state index contributed by atoms with van der Waals surface area (Å²) in [7, 11) is 1.58. The number of benzene rings is 3. The van der Waals surface area contributed by atoms with Crippen LogP contribution in [0.3, 0.4) is 0 Å². The van der Waals surface area contributed by atoms with Crippen LogP contribution in [-0.4, -0.2) is 57.3 Å². The van der Waals surface area contributed by atoms with E-state index in [9.17, 15) is 20.0 Å². The van der Waals surface area contributed by atoms with Crippen molar-refractivity contribution >= 4 is 17.4 Å². The predicted octanol–water partition coefficient (Wildman–Crippen LogP) is 4.56. The number of nitriles is 1. The normalized spacial score (nSPS) is 10.6. The van der Waals surface area contributed by atoms with Gasteiger partial charge in [-0.05, 0) is 65.7 Å². The molecule has 0 aliphatic carbocycles. The molecule has 0 fully saturated rings. The van der Waals surface area contributed by atoms with Crippen LogP contribution in [0.1, 0.15) is 64.4 Å². The van der Waals surface area contributed by atoms with E-state index in [4.69, 9.17) is 14.2 Å². The van der Waals surface area contributed by atoms with E-state index in [1.165, 1.54) is 11.6 Å². The Hall–Kier alpha value is -5.44. The number of aromatic nitrogens is 4. The lowest BCUT2D eigenvalue weighted by Crippen LogP contribution is -2.20.